The van der Waals surface area contributed by atoms with E-state index in [4.69, 9.17) is 0 Å². The maximum Gasteiger partial charge on any atom is 0.225 e. The number of aliphatic hydroxyl groups excluding tert-OH is 1. The Balaban J connectivity index is 1.56. The fraction of sp³-hybridized carbons (Fsp3) is 0.895. The lowest BCUT2D eigenvalue weighted by atomic mass is 9.85. The van der Waals surface area contributed by atoms with Crippen molar-refractivity contribution in [3.8, 4) is 0 Å². The van der Waals surface area contributed by atoms with Crippen LogP contribution >= 0.6 is 0 Å². The van der Waals surface area contributed by atoms with Crippen LogP contribution in [0.1, 0.15) is 65.2 Å². The molecule has 0 radical (unpaired) electrons. The molecule has 2 saturated carbocycles. The van der Waals surface area contributed by atoms with Gasteiger partial charge in [0.2, 0.25) is 11.8 Å². The van der Waals surface area contributed by atoms with E-state index in [0.717, 1.165) is 38.0 Å². The molecule has 0 aromatic heterocycles. The highest BCUT2D eigenvalue weighted by atomic mass is 16.3. The van der Waals surface area contributed by atoms with E-state index < -0.39 is 0 Å². The molecule has 1 aliphatic heterocycles. The molecule has 5 nitrogen and oxygen atoms in total. The Bertz CT molecular complexity index is 487. The highest BCUT2D eigenvalue weighted by Crippen LogP contribution is 2.38. The normalized spacial score (nSPS) is 40.1. The predicted molar refractivity (Wildman–Crippen MR) is 92.2 cm³/mol. The molecular formula is C19H32N2O3. The van der Waals surface area contributed by atoms with Crippen LogP contribution in [-0.4, -0.2) is 47.1 Å². The van der Waals surface area contributed by atoms with Gasteiger partial charge in [0.25, 0.3) is 0 Å². The van der Waals surface area contributed by atoms with E-state index >= 15 is 0 Å². The van der Waals surface area contributed by atoms with Gasteiger partial charge in [0.05, 0.1) is 12.5 Å². The zero-order valence-electron chi connectivity index (χ0n) is 15.1. The molecule has 1 heterocycles. The Labute approximate surface area is 145 Å². The number of amides is 2. The number of nitrogens with one attached hydrogen (secondary N) is 1. The standard InChI is InChI=1S/C19H32N2O3/c1-13-5-7-15(8-6-13)21-11-14(10-17(21)23)18(24)20-16-4-3-9-19(16,2)12-22/h13-16,22H,3-12H2,1-2H3,(H,20,24). The first-order chi connectivity index (χ1) is 11.4. The van der Waals surface area contributed by atoms with Gasteiger partial charge in [-0.25, -0.2) is 0 Å². The summed E-state index contributed by atoms with van der Waals surface area (Å²) < 4.78 is 0. The minimum Gasteiger partial charge on any atom is -0.396 e. The predicted octanol–water partition coefficient (Wildman–Crippen LogP) is 2.08. The van der Waals surface area contributed by atoms with E-state index in [1.807, 2.05) is 11.8 Å². The van der Waals surface area contributed by atoms with Crippen molar-refractivity contribution < 1.29 is 14.7 Å². The van der Waals surface area contributed by atoms with Gasteiger partial charge in [-0.1, -0.05) is 20.3 Å². The van der Waals surface area contributed by atoms with Crippen LogP contribution in [0.2, 0.25) is 0 Å². The average Bonchev–Trinajstić information content (AvgIpc) is 3.12. The highest BCUT2D eigenvalue weighted by molar-refractivity contribution is 5.89. The molecule has 2 amide bonds. The Morgan fingerprint density at radius 2 is 2.00 bits per heavy atom. The second kappa shape index (κ2) is 7.03. The van der Waals surface area contributed by atoms with Crippen molar-refractivity contribution in [1.29, 1.82) is 0 Å². The lowest BCUT2D eigenvalue weighted by Crippen LogP contribution is -2.47. The molecule has 5 heteroatoms. The van der Waals surface area contributed by atoms with Crippen molar-refractivity contribution in [2.24, 2.45) is 17.3 Å². The maximum atomic E-state index is 12.7. The first-order valence-corrected chi connectivity index (χ1v) is 9.63. The maximum absolute atomic E-state index is 12.7. The number of hydrogen-bond acceptors (Lipinski definition) is 3. The zero-order chi connectivity index (χ0) is 17.3. The van der Waals surface area contributed by atoms with E-state index in [9.17, 15) is 14.7 Å². The molecule has 0 aromatic rings. The SMILES string of the molecule is CC1CCC(N2CC(C(=O)NC3CCCC3(C)CO)CC2=O)CC1. The fourth-order valence-electron chi connectivity index (χ4n) is 4.77. The summed E-state index contributed by atoms with van der Waals surface area (Å²) in [6.45, 7) is 5.00. The first kappa shape index (κ1) is 17.7. The van der Waals surface area contributed by atoms with Gasteiger partial charge in [-0.15, -0.1) is 0 Å². The monoisotopic (exact) mass is 336 g/mol. The first-order valence-electron chi connectivity index (χ1n) is 9.63. The van der Waals surface area contributed by atoms with Crippen LogP contribution in [-0.2, 0) is 9.59 Å². The number of carbonyl (C=O) groups excluding carboxylic acids is 2. The second-order valence-electron chi connectivity index (χ2n) is 8.63. The molecule has 24 heavy (non-hydrogen) atoms. The van der Waals surface area contributed by atoms with Crippen LogP contribution in [0.3, 0.4) is 0 Å². The van der Waals surface area contributed by atoms with Crippen LogP contribution in [0, 0.1) is 17.3 Å². The van der Waals surface area contributed by atoms with Crippen molar-refractivity contribution in [3.63, 3.8) is 0 Å². The van der Waals surface area contributed by atoms with Crippen LogP contribution in [0.15, 0.2) is 0 Å². The number of nitrogens with zero attached hydrogens (tertiary/aromatic N) is 1. The fourth-order valence-corrected chi connectivity index (χ4v) is 4.77. The number of likely N-dealkylation sites (tertiary alicyclic amines) is 1. The molecule has 2 N–H and O–H groups in total. The lowest BCUT2D eigenvalue weighted by molar-refractivity contribution is -0.131. The van der Waals surface area contributed by atoms with Gasteiger partial charge in [0, 0.05) is 30.5 Å². The zero-order valence-corrected chi connectivity index (χ0v) is 15.1. The molecule has 2 aliphatic carbocycles. The molecule has 0 spiro atoms. The largest absolute Gasteiger partial charge is 0.396 e. The molecule has 3 aliphatic rings. The molecular weight excluding hydrogens is 304 g/mol. The highest BCUT2D eigenvalue weighted by Gasteiger charge is 2.43. The van der Waals surface area contributed by atoms with Crippen molar-refractivity contribution in [2.45, 2.75) is 77.3 Å². The summed E-state index contributed by atoms with van der Waals surface area (Å²) >= 11 is 0. The number of hydrogen-bond donors (Lipinski definition) is 2. The van der Waals surface area contributed by atoms with Gasteiger partial charge in [0.1, 0.15) is 0 Å². The van der Waals surface area contributed by atoms with Crippen LogP contribution in [0.5, 0.6) is 0 Å². The molecule has 0 aromatic carbocycles. The van der Waals surface area contributed by atoms with Crippen molar-refractivity contribution in [1.82, 2.24) is 10.2 Å². The van der Waals surface area contributed by atoms with Crippen LogP contribution < -0.4 is 5.32 Å². The Hall–Kier alpha value is -1.10. The number of rotatable bonds is 4. The van der Waals surface area contributed by atoms with Gasteiger partial charge in [-0.2, -0.15) is 0 Å². The smallest absolute Gasteiger partial charge is 0.225 e. The van der Waals surface area contributed by atoms with Gasteiger partial charge < -0.3 is 15.3 Å². The lowest BCUT2D eigenvalue weighted by Gasteiger charge is -2.34. The summed E-state index contributed by atoms with van der Waals surface area (Å²) in [6, 6.07) is 0.371. The van der Waals surface area contributed by atoms with Gasteiger partial charge >= 0.3 is 0 Å². The average molecular weight is 336 g/mol. The molecule has 3 fully saturated rings. The van der Waals surface area contributed by atoms with Crippen molar-refractivity contribution in [2.75, 3.05) is 13.2 Å². The summed E-state index contributed by atoms with van der Waals surface area (Å²) in [4.78, 5) is 27.0. The minimum absolute atomic E-state index is 0.00148. The van der Waals surface area contributed by atoms with Gasteiger partial charge in [-0.05, 0) is 44.4 Å². The van der Waals surface area contributed by atoms with Crippen LogP contribution in [0.25, 0.3) is 0 Å². The molecule has 136 valence electrons. The molecule has 1 saturated heterocycles. The summed E-state index contributed by atoms with van der Waals surface area (Å²) in [5.74, 6) is 0.685. The van der Waals surface area contributed by atoms with Gasteiger partial charge in [-0.3, -0.25) is 9.59 Å². The Morgan fingerprint density at radius 3 is 2.67 bits per heavy atom. The van der Waals surface area contributed by atoms with E-state index in [0.29, 0.717) is 19.0 Å². The van der Waals surface area contributed by atoms with E-state index in [1.165, 1.54) is 12.8 Å². The third-order valence-electron chi connectivity index (χ3n) is 6.72. The summed E-state index contributed by atoms with van der Waals surface area (Å²) in [6.07, 6.45) is 7.78. The second-order valence-corrected chi connectivity index (χ2v) is 8.63. The minimum atomic E-state index is -0.222. The summed E-state index contributed by atoms with van der Waals surface area (Å²) in [5, 5.41) is 12.8. The number of carbonyl (C=O) groups is 2. The Morgan fingerprint density at radius 1 is 1.29 bits per heavy atom. The van der Waals surface area contributed by atoms with E-state index in [-0.39, 0.29) is 35.8 Å². The Kier molecular flexibility index (Phi) is 5.19. The topological polar surface area (TPSA) is 69.6 Å². The molecule has 3 atom stereocenters. The van der Waals surface area contributed by atoms with Gasteiger partial charge in [0.15, 0.2) is 0 Å². The summed E-state index contributed by atoms with van der Waals surface area (Å²) in [7, 11) is 0. The number of aliphatic hydroxyl groups is 1. The third kappa shape index (κ3) is 3.46. The van der Waals surface area contributed by atoms with Crippen molar-refractivity contribution in [3.05, 3.63) is 0 Å². The third-order valence-corrected chi connectivity index (χ3v) is 6.72. The van der Waals surface area contributed by atoms with Crippen molar-refractivity contribution >= 4 is 11.8 Å². The quantitative estimate of drug-likeness (QED) is 0.826. The molecule has 3 rings (SSSR count). The summed E-state index contributed by atoms with van der Waals surface area (Å²) in [5.41, 5.74) is -0.211. The van der Waals surface area contributed by atoms with E-state index in [1.54, 1.807) is 0 Å². The molecule has 0 bridgehead atoms. The van der Waals surface area contributed by atoms with Crippen LogP contribution in [0.4, 0.5) is 0 Å². The van der Waals surface area contributed by atoms with E-state index in [2.05, 4.69) is 12.2 Å². The molecule has 3 unspecified atom stereocenters.